The normalized spacial score (nSPS) is 10.5. The van der Waals surface area contributed by atoms with Crippen LogP contribution in [-0.4, -0.2) is 11.7 Å². The van der Waals surface area contributed by atoms with Gasteiger partial charge in [-0.25, -0.2) is 0 Å². The number of aryl methyl sites for hydroxylation is 2. The van der Waals surface area contributed by atoms with Crippen molar-refractivity contribution in [3.63, 3.8) is 0 Å². The Bertz CT molecular complexity index is 913. The monoisotopic (exact) mass is 349 g/mol. The number of hydrogen-bond acceptors (Lipinski definition) is 3. The molecule has 3 rings (SSSR count). The second-order valence-corrected chi connectivity index (χ2v) is 7.11. The second-order valence-electron chi connectivity index (χ2n) is 5.94. The van der Waals surface area contributed by atoms with Crippen LogP contribution in [0.15, 0.2) is 60.7 Å². The highest BCUT2D eigenvalue weighted by atomic mass is 32.1. The number of nitrogens with one attached hydrogen (secondary N) is 1. The van der Waals surface area contributed by atoms with E-state index in [0.717, 1.165) is 10.4 Å². The number of ketones is 1. The van der Waals surface area contributed by atoms with E-state index >= 15 is 0 Å². The van der Waals surface area contributed by atoms with Gasteiger partial charge in [0.1, 0.15) is 0 Å². The van der Waals surface area contributed by atoms with E-state index in [1.165, 1.54) is 16.9 Å². The van der Waals surface area contributed by atoms with Crippen LogP contribution in [-0.2, 0) is 6.54 Å². The molecule has 1 N–H and O–H groups in total. The molecule has 2 aromatic carbocycles. The average Bonchev–Trinajstić information content (AvgIpc) is 3.11. The molecule has 0 fully saturated rings. The van der Waals surface area contributed by atoms with Gasteiger partial charge in [-0.1, -0.05) is 36.4 Å². The molecule has 0 aliphatic carbocycles. The van der Waals surface area contributed by atoms with Crippen LogP contribution >= 0.6 is 11.3 Å². The minimum Gasteiger partial charge on any atom is -0.347 e. The van der Waals surface area contributed by atoms with Crippen molar-refractivity contribution in [3.05, 3.63) is 92.7 Å². The SMILES string of the molecule is Cc1ccc(C(=O)NCc2ccc(C(=O)c3ccccc3)s2)cc1C. The smallest absolute Gasteiger partial charge is 0.251 e. The standard InChI is InChI=1S/C21H19NO2S/c1-14-8-9-17(12-15(14)2)21(24)22-13-18-10-11-19(25-18)20(23)16-6-4-3-5-7-16/h3-12H,13H2,1-2H3,(H,22,24). The molecule has 1 aromatic heterocycles. The summed E-state index contributed by atoms with van der Waals surface area (Å²) in [6, 6.07) is 18.6. The van der Waals surface area contributed by atoms with Gasteiger partial charge in [0.25, 0.3) is 5.91 Å². The zero-order valence-electron chi connectivity index (χ0n) is 14.2. The van der Waals surface area contributed by atoms with Crippen LogP contribution in [0, 0.1) is 13.8 Å². The summed E-state index contributed by atoms with van der Waals surface area (Å²) in [7, 11) is 0. The molecule has 25 heavy (non-hydrogen) atoms. The Kier molecular flexibility index (Phi) is 5.10. The quantitative estimate of drug-likeness (QED) is 0.688. The number of amides is 1. The zero-order chi connectivity index (χ0) is 17.8. The van der Waals surface area contributed by atoms with Gasteiger partial charge in [0.2, 0.25) is 5.78 Å². The lowest BCUT2D eigenvalue weighted by Gasteiger charge is -2.06. The van der Waals surface area contributed by atoms with E-state index in [9.17, 15) is 9.59 Å². The molecule has 3 aromatic rings. The first kappa shape index (κ1) is 17.1. The Morgan fingerprint density at radius 3 is 2.36 bits per heavy atom. The van der Waals surface area contributed by atoms with Gasteiger partial charge < -0.3 is 5.32 Å². The number of hydrogen-bond donors (Lipinski definition) is 1. The number of rotatable bonds is 5. The molecule has 4 heteroatoms. The molecule has 0 unspecified atom stereocenters. The first-order valence-electron chi connectivity index (χ1n) is 8.08. The Morgan fingerprint density at radius 2 is 1.64 bits per heavy atom. The van der Waals surface area contributed by atoms with Crippen molar-refractivity contribution in [1.82, 2.24) is 5.32 Å². The summed E-state index contributed by atoms with van der Waals surface area (Å²) in [6.45, 7) is 4.43. The Balaban J connectivity index is 1.64. The van der Waals surface area contributed by atoms with Crippen LogP contribution in [0.3, 0.4) is 0 Å². The number of carbonyl (C=O) groups is 2. The van der Waals surface area contributed by atoms with Crippen molar-refractivity contribution in [2.45, 2.75) is 20.4 Å². The van der Waals surface area contributed by atoms with Gasteiger partial charge in [-0.3, -0.25) is 9.59 Å². The van der Waals surface area contributed by atoms with Gasteiger partial charge in [-0.2, -0.15) is 0 Å². The van der Waals surface area contributed by atoms with Crippen molar-refractivity contribution in [2.75, 3.05) is 0 Å². The average molecular weight is 349 g/mol. The van der Waals surface area contributed by atoms with Crippen LogP contribution in [0.25, 0.3) is 0 Å². The largest absolute Gasteiger partial charge is 0.347 e. The van der Waals surface area contributed by atoms with Gasteiger partial charge >= 0.3 is 0 Å². The molecule has 126 valence electrons. The fourth-order valence-corrected chi connectivity index (χ4v) is 3.39. The second kappa shape index (κ2) is 7.45. The van der Waals surface area contributed by atoms with Crippen molar-refractivity contribution in [2.24, 2.45) is 0 Å². The van der Waals surface area contributed by atoms with Crippen LogP contribution in [0.2, 0.25) is 0 Å². The van der Waals surface area contributed by atoms with Crippen LogP contribution in [0.4, 0.5) is 0 Å². The molecule has 0 spiro atoms. The summed E-state index contributed by atoms with van der Waals surface area (Å²) in [5, 5.41) is 2.91. The Hall–Kier alpha value is -2.72. The third-order valence-electron chi connectivity index (χ3n) is 4.11. The molecular weight excluding hydrogens is 330 g/mol. The van der Waals surface area contributed by atoms with E-state index in [-0.39, 0.29) is 11.7 Å². The molecule has 0 saturated carbocycles. The molecule has 0 radical (unpaired) electrons. The molecule has 0 atom stereocenters. The summed E-state index contributed by atoms with van der Waals surface area (Å²) in [4.78, 5) is 26.3. The zero-order valence-corrected chi connectivity index (χ0v) is 15.0. The van der Waals surface area contributed by atoms with E-state index in [0.29, 0.717) is 22.5 Å². The number of benzene rings is 2. The van der Waals surface area contributed by atoms with E-state index in [4.69, 9.17) is 0 Å². The topological polar surface area (TPSA) is 46.2 Å². The molecular formula is C21H19NO2S. The molecule has 0 saturated heterocycles. The number of thiophene rings is 1. The summed E-state index contributed by atoms with van der Waals surface area (Å²) in [5.74, 6) is -0.0928. The van der Waals surface area contributed by atoms with E-state index < -0.39 is 0 Å². The first-order valence-corrected chi connectivity index (χ1v) is 8.90. The molecule has 1 amide bonds. The van der Waals surface area contributed by atoms with Gasteiger partial charge in [0.15, 0.2) is 0 Å². The van der Waals surface area contributed by atoms with Gasteiger partial charge in [0.05, 0.1) is 11.4 Å². The highest BCUT2D eigenvalue weighted by Crippen LogP contribution is 2.20. The van der Waals surface area contributed by atoms with Gasteiger partial charge in [-0.15, -0.1) is 11.3 Å². The van der Waals surface area contributed by atoms with Crippen LogP contribution < -0.4 is 5.32 Å². The van der Waals surface area contributed by atoms with Crippen molar-refractivity contribution < 1.29 is 9.59 Å². The Morgan fingerprint density at radius 1 is 0.880 bits per heavy atom. The minimum absolute atomic E-state index is 0.0114. The van der Waals surface area contributed by atoms with E-state index in [2.05, 4.69) is 5.32 Å². The van der Waals surface area contributed by atoms with Crippen molar-refractivity contribution in [1.29, 1.82) is 0 Å². The molecule has 1 heterocycles. The fourth-order valence-electron chi connectivity index (χ4n) is 2.48. The summed E-state index contributed by atoms with van der Waals surface area (Å²) in [5.41, 5.74) is 3.59. The van der Waals surface area contributed by atoms with Crippen LogP contribution in [0.5, 0.6) is 0 Å². The first-order chi connectivity index (χ1) is 12.0. The lowest BCUT2D eigenvalue weighted by atomic mass is 10.1. The molecule has 0 aliphatic rings. The summed E-state index contributed by atoms with van der Waals surface area (Å²) in [6.07, 6.45) is 0. The highest BCUT2D eigenvalue weighted by molar-refractivity contribution is 7.14. The molecule has 0 aliphatic heterocycles. The molecule has 3 nitrogen and oxygen atoms in total. The minimum atomic E-state index is -0.104. The van der Waals surface area contributed by atoms with E-state index in [1.54, 1.807) is 0 Å². The maximum atomic E-state index is 12.4. The predicted octanol–water partition coefficient (Wildman–Crippen LogP) is 4.53. The third-order valence-corrected chi connectivity index (χ3v) is 5.20. The molecule has 0 bridgehead atoms. The fraction of sp³-hybridized carbons (Fsp3) is 0.143. The third kappa shape index (κ3) is 4.03. The van der Waals surface area contributed by atoms with Crippen molar-refractivity contribution in [3.8, 4) is 0 Å². The maximum absolute atomic E-state index is 12.4. The van der Waals surface area contributed by atoms with Gasteiger partial charge in [-0.05, 0) is 49.2 Å². The predicted molar refractivity (Wildman–Crippen MR) is 101 cm³/mol. The van der Waals surface area contributed by atoms with Crippen molar-refractivity contribution >= 4 is 23.0 Å². The number of carbonyl (C=O) groups excluding carboxylic acids is 2. The van der Waals surface area contributed by atoms with E-state index in [1.807, 2.05) is 74.5 Å². The lowest BCUT2D eigenvalue weighted by molar-refractivity contribution is 0.0950. The lowest BCUT2D eigenvalue weighted by Crippen LogP contribution is -2.22. The Labute approximate surface area is 151 Å². The van der Waals surface area contributed by atoms with Crippen LogP contribution in [0.1, 0.15) is 41.6 Å². The highest BCUT2D eigenvalue weighted by Gasteiger charge is 2.12. The summed E-state index contributed by atoms with van der Waals surface area (Å²) >= 11 is 1.41. The summed E-state index contributed by atoms with van der Waals surface area (Å²) < 4.78 is 0. The van der Waals surface area contributed by atoms with Gasteiger partial charge in [0, 0.05) is 16.0 Å². The maximum Gasteiger partial charge on any atom is 0.251 e.